The summed E-state index contributed by atoms with van der Waals surface area (Å²) in [5.74, 6) is 1.29. The van der Waals surface area contributed by atoms with Gasteiger partial charge in [0.2, 0.25) is 5.95 Å². The van der Waals surface area contributed by atoms with E-state index in [1.165, 1.54) is 0 Å². The lowest BCUT2D eigenvalue weighted by Crippen LogP contribution is -2.49. The van der Waals surface area contributed by atoms with E-state index in [9.17, 15) is 0 Å². The van der Waals surface area contributed by atoms with Crippen molar-refractivity contribution in [1.29, 1.82) is 0 Å². The molecule has 0 aliphatic carbocycles. The maximum atomic E-state index is 5.58. The van der Waals surface area contributed by atoms with Crippen LogP contribution in [0.4, 0.5) is 11.8 Å². The highest BCUT2D eigenvalue weighted by Gasteiger charge is 2.19. The zero-order valence-electron chi connectivity index (χ0n) is 9.93. The molecule has 0 spiro atoms. The lowest BCUT2D eigenvalue weighted by atomic mass is 10.2. The van der Waals surface area contributed by atoms with Gasteiger partial charge in [0.1, 0.15) is 5.82 Å². The first kappa shape index (κ1) is 11.1. The van der Waals surface area contributed by atoms with E-state index in [-0.39, 0.29) is 0 Å². The van der Waals surface area contributed by atoms with Gasteiger partial charge in [-0.2, -0.15) is 4.98 Å². The number of nitrogen functional groups attached to an aromatic ring is 1. The molecule has 0 atom stereocenters. The molecule has 2 rings (SSSR count). The molecule has 2 heterocycles. The Bertz CT molecular complexity index is 344. The molecule has 1 aromatic rings. The summed E-state index contributed by atoms with van der Waals surface area (Å²) < 4.78 is 0. The van der Waals surface area contributed by atoms with Crippen LogP contribution in [0.2, 0.25) is 0 Å². The van der Waals surface area contributed by atoms with Crippen LogP contribution >= 0.6 is 0 Å². The second kappa shape index (κ2) is 4.65. The highest BCUT2D eigenvalue weighted by atomic mass is 15.3. The van der Waals surface area contributed by atoms with Crippen LogP contribution in [0.15, 0.2) is 12.3 Å². The molecule has 0 saturated carbocycles. The van der Waals surface area contributed by atoms with Crippen LogP contribution in [0, 0.1) is 0 Å². The van der Waals surface area contributed by atoms with Gasteiger partial charge < -0.3 is 10.6 Å². The summed E-state index contributed by atoms with van der Waals surface area (Å²) in [7, 11) is 0. The van der Waals surface area contributed by atoms with Gasteiger partial charge in [-0.25, -0.2) is 4.98 Å². The first-order valence-corrected chi connectivity index (χ1v) is 5.74. The number of nitrogens with zero attached hydrogens (tertiary/aromatic N) is 4. The van der Waals surface area contributed by atoms with Crippen molar-refractivity contribution in [1.82, 2.24) is 14.9 Å². The quantitative estimate of drug-likeness (QED) is 0.792. The third-order valence-corrected chi connectivity index (χ3v) is 3.03. The fourth-order valence-corrected chi connectivity index (χ4v) is 2.01. The maximum Gasteiger partial charge on any atom is 0.221 e. The molecule has 0 unspecified atom stereocenters. The van der Waals surface area contributed by atoms with Gasteiger partial charge in [-0.05, 0) is 19.9 Å². The summed E-state index contributed by atoms with van der Waals surface area (Å²) >= 11 is 0. The minimum atomic E-state index is 0.351. The first-order chi connectivity index (χ1) is 7.66. The van der Waals surface area contributed by atoms with Crippen LogP contribution in [-0.4, -0.2) is 47.1 Å². The van der Waals surface area contributed by atoms with Gasteiger partial charge in [0.05, 0.1) is 0 Å². The summed E-state index contributed by atoms with van der Waals surface area (Å²) in [5, 5.41) is 0. The Morgan fingerprint density at radius 1 is 1.25 bits per heavy atom. The normalized spacial score (nSPS) is 18.1. The SMILES string of the molecule is CC(C)N1CCN(c2ccnc(N)n2)CC1. The number of aromatic nitrogens is 2. The molecule has 16 heavy (non-hydrogen) atoms. The van der Waals surface area contributed by atoms with Gasteiger partial charge in [-0.15, -0.1) is 0 Å². The minimum absolute atomic E-state index is 0.351. The number of hydrogen-bond donors (Lipinski definition) is 1. The van der Waals surface area contributed by atoms with E-state index in [0.29, 0.717) is 12.0 Å². The zero-order valence-corrected chi connectivity index (χ0v) is 9.93. The lowest BCUT2D eigenvalue weighted by Gasteiger charge is -2.37. The van der Waals surface area contributed by atoms with Crippen LogP contribution in [0.3, 0.4) is 0 Å². The smallest absolute Gasteiger partial charge is 0.221 e. The average molecular weight is 221 g/mol. The first-order valence-electron chi connectivity index (χ1n) is 5.74. The predicted octanol–water partition coefficient (Wildman–Crippen LogP) is 0.589. The van der Waals surface area contributed by atoms with E-state index in [1.54, 1.807) is 6.20 Å². The number of rotatable bonds is 2. The number of hydrogen-bond acceptors (Lipinski definition) is 5. The molecule has 0 amide bonds. The molecule has 2 N–H and O–H groups in total. The Hall–Kier alpha value is -1.36. The topological polar surface area (TPSA) is 58.3 Å². The molecule has 5 heteroatoms. The van der Waals surface area contributed by atoms with E-state index in [2.05, 4.69) is 33.6 Å². The minimum Gasteiger partial charge on any atom is -0.368 e. The van der Waals surface area contributed by atoms with Crippen LogP contribution in [0.5, 0.6) is 0 Å². The highest BCUT2D eigenvalue weighted by molar-refractivity contribution is 5.41. The van der Waals surface area contributed by atoms with E-state index in [0.717, 1.165) is 32.0 Å². The molecule has 1 aliphatic rings. The van der Waals surface area contributed by atoms with Crippen molar-refractivity contribution in [2.45, 2.75) is 19.9 Å². The highest BCUT2D eigenvalue weighted by Crippen LogP contribution is 2.14. The summed E-state index contributed by atoms with van der Waals surface area (Å²) in [5.41, 5.74) is 5.58. The van der Waals surface area contributed by atoms with E-state index in [1.807, 2.05) is 6.07 Å². The lowest BCUT2D eigenvalue weighted by molar-refractivity contribution is 0.209. The van der Waals surface area contributed by atoms with Crippen LogP contribution in [0.25, 0.3) is 0 Å². The molecule has 5 nitrogen and oxygen atoms in total. The van der Waals surface area contributed by atoms with E-state index in [4.69, 9.17) is 5.73 Å². The largest absolute Gasteiger partial charge is 0.368 e. The Balaban J connectivity index is 1.99. The average Bonchev–Trinajstić information content (AvgIpc) is 2.29. The molecule has 0 bridgehead atoms. The van der Waals surface area contributed by atoms with Crippen LogP contribution in [-0.2, 0) is 0 Å². The zero-order chi connectivity index (χ0) is 11.5. The van der Waals surface area contributed by atoms with E-state index < -0.39 is 0 Å². The summed E-state index contributed by atoms with van der Waals surface area (Å²) in [6.45, 7) is 8.66. The number of nitrogens with two attached hydrogens (primary N) is 1. The second-order valence-corrected chi connectivity index (χ2v) is 4.39. The van der Waals surface area contributed by atoms with Crippen molar-refractivity contribution in [2.24, 2.45) is 0 Å². The van der Waals surface area contributed by atoms with Gasteiger partial charge in [0.25, 0.3) is 0 Å². The third kappa shape index (κ3) is 2.41. The molecule has 1 fully saturated rings. The molecule has 1 aliphatic heterocycles. The van der Waals surface area contributed by atoms with Crippen molar-refractivity contribution < 1.29 is 0 Å². The molecule has 1 aromatic heterocycles. The third-order valence-electron chi connectivity index (χ3n) is 3.03. The van der Waals surface area contributed by atoms with Gasteiger partial charge in [0, 0.05) is 38.4 Å². The van der Waals surface area contributed by atoms with Gasteiger partial charge in [0.15, 0.2) is 0 Å². The van der Waals surface area contributed by atoms with Crippen LogP contribution < -0.4 is 10.6 Å². The summed E-state index contributed by atoms with van der Waals surface area (Å²) in [6, 6.07) is 2.54. The molecule has 0 aromatic carbocycles. The fourth-order valence-electron chi connectivity index (χ4n) is 2.01. The van der Waals surface area contributed by atoms with Gasteiger partial charge >= 0.3 is 0 Å². The summed E-state index contributed by atoms with van der Waals surface area (Å²) in [6.07, 6.45) is 1.71. The maximum absolute atomic E-state index is 5.58. The molecule has 0 radical (unpaired) electrons. The monoisotopic (exact) mass is 221 g/mol. The standard InChI is InChI=1S/C11H19N5/c1-9(2)15-5-7-16(8-6-15)10-3-4-13-11(12)14-10/h3-4,9H,5-8H2,1-2H3,(H2,12,13,14). The second-order valence-electron chi connectivity index (χ2n) is 4.39. The molecule has 88 valence electrons. The number of anilines is 2. The summed E-state index contributed by atoms with van der Waals surface area (Å²) in [4.78, 5) is 12.9. The Kier molecular flexibility index (Phi) is 3.24. The van der Waals surface area contributed by atoms with E-state index >= 15 is 0 Å². The Morgan fingerprint density at radius 3 is 2.50 bits per heavy atom. The van der Waals surface area contributed by atoms with Crippen LogP contribution in [0.1, 0.15) is 13.8 Å². The Labute approximate surface area is 96.3 Å². The van der Waals surface area contributed by atoms with Gasteiger partial charge in [-0.3, -0.25) is 4.90 Å². The molecular weight excluding hydrogens is 202 g/mol. The van der Waals surface area contributed by atoms with Crippen molar-refractivity contribution in [3.63, 3.8) is 0 Å². The molecule has 1 saturated heterocycles. The predicted molar refractivity (Wildman–Crippen MR) is 65.4 cm³/mol. The number of piperazine rings is 1. The molecular formula is C11H19N5. The van der Waals surface area contributed by atoms with Crippen molar-refractivity contribution in [2.75, 3.05) is 36.8 Å². The fraction of sp³-hybridized carbons (Fsp3) is 0.636. The van der Waals surface area contributed by atoms with Crippen molar-refractivity contribution in [3.05, 3.63) is 12.3 Å². The van der Waals surface area contributed by atoms with Crippen molar-refractivity contribution in [3.8, 4) is 0 Å². The van der Waals surface area contributed by atoms with Crippen molar-refractivity contribution >= 4 is 11.8 Å². The Morgan fingerprint density at radius 2 is 1.94 bits per heavy atom. The van der Waals surface area contributed by atoms with Gasteiger partial charge in [-0.1, -0.05) is 0 Å².